The fourth-order valence-corrected chi connectivity index (χ4v) is 3.72. The molecule has 3 rings (SSSR count). The van der Waals surface area contributed by atoms with E-state index in [0.717, 1.165) is 31.1 Å². The van der Waals surface area contributed by atoms with E-state index in [1.807, 2.05) is 11.1 Å². The number of carbonyl (C=O) groups excluding carboxylic acids is 1. The van der Waals surface area contributed by atoms with Gasteiger partial charge in [-0.2, -0.15) is 5.10 Å². The Morgan fingerprint density at radius 2 is 2.18 bits per heavy atom. The van der Waals surface area contributed by atoms with Gasteiger partial charge in [0.1, 0.15) is 0 Å². The second-order valence-corrected chi connectivity index (χ2v) is 6.45. The van der Waals surface area contributed by atoms with Gasteiger partial charge in [-0.1, -0.05) is 19.3 Å². The average Bonchev–Trinajstić information content (AvgIpc) is 2.99. The van der Waals surface area contributed by atoms with Crippen LogP contribution in [0.25, 0.3) is 0 Å². The Labute approximate surface area is 131 Å². The van der Waals surface area contributed by atoms with E-state index in [0.29, 0.717) is 19.1 Å². The van der Waals surface area contributed by atoms with Crippen LogP contribution in [-0.2, 0) is 11.3 Å². The summed E-state index contributed by atoms with van der Waals surface area (Å²) in [5.74, 6) is 1.55. The first-order valence-corrected chi connectivity index (χ1v) is 8.33. The lowest BCUT2D eigenvalue weighted by molar-refractivity contribution is 0.108. The lowest BCUT2D eigenvalue weighted by Crippen LogP contribution is -2.46. The van der Waals surface area contributed by atoms with E-state index in [-0.39, 0.29) is 6.03 Å². The molecule has 1 N–H and O–H groups in total. The zero-order valence-corrected chi connectivity index (χ0v) is 13.3. The normalized spacial score (nSPS) is 24.9. The Morgan fingerprint density at radius 3 is 3.00 bits per heavy atom. The van der Waals surface area contributed by atoms with Crippen LogP contribution in [0.2, 0.25) is 0 Å². The molecule has 1 aromatic heterocycles. The minimum absolute atomic E-state index is 0.00955. The van der Waals surface area contributed by atoms with Crippen LogP contribution in [0.4, 0.5) is 10.5 Å². The van der Waals surface area contributed by atoms with Crippen molar-refractivity contribution >= 4 is 11.7 Å². The standard InChI is InChI=1S/C16H26N4O2/c1-22-9-8-20-12-15(10-17-20)18-16(21)19-7-6-13-4-2-3-5-14(13)11-19/h10,12-14H,2-9,11H2,1H3,(H,18,21)/t13-,14+/m0/s1. The fourth-order valence-electron chi connectivity index (χ4n) is 3.72. The highest BCUT2D eigenvalue weighted by Crippen LogP contribution is 2.36. The molecule has 22 heavy (non-hydrogen) atoms. The van der Waals surface area contributed by atoms with E-state index in [1.165, 1.54) is 25.7 Å². The van der Waals surface area contributed by atoms with E-state index in [9.17, 15) is 4.79 Å². The zero-order valence-electron chi connectivity index (χ0n) is 13.3. The lowest BCUT2D eigenvalue weighted by Gasteiger charge is -2.41. The number of ether oxygens (including phenoxy) is 1. The van der Waals surface area contributed by atoms with E-state index in [1.54, 1.807) is 18.0 Å². The summed E-state index contributed by atoms with van der Waals surface area (Å²) < 4.78 is 6.81. The van der Waals surface area contributed by atoms with Gasteiger partial charge in [-0.3, -0.25) is 4.68 Å². The van der Waals surface area contributed by atoms with Crippen LogP contribution >= 0.6 is 0 Å². The summed E-state index contributed by atoms with van der Waals surface area (Å²) in [6.45, 7) is 3.10. The van der Waals surface area contributed by atoms with Crippen molar-refractivity contribution in [2.75, 3.05) is 32.1 Å². The molecule has 2 atom stereocenters. The van der Waals surface area contributed by atoms with Crippen molar-refractivity contribution in [1.82, 2.24) is 14.7 Å². The highest BCUT2D eigenvalue weighted by atomic mass is 16.5. The number of urea groups is 1. The number of nitrogens with zero attached hydrogens (tertiary/aromatic N) is 3. The van der Waals surface area contributed by atoms with Crippen molar-refractivity contribution in [1.29, 1.82) is 0 Å². The molecule has 2 amide bonds. The van der Waals surface area contributed by atoms with Gasteiger partial charge in [-0.15, -0.1) is 0 Å². The van der Waals surface area contributed by atoms with Crippen LogP contribution in [0.5, 0.6) is 0 Å². The molecule has 122 valence electrons. The van der Waals surface area contributed by atoms with E-state index < -0.39 is 0 Å². The van der Waals surface area contributed by atoms with Crippen molar-refractivity contribution in [3.8, 4) is 0 Å². The van der Waals surface area contributed by atoms with Gasteiger partial charge in [0.25, 0.3) is 0 Å². The summed E-state index contributed by atoms with van der Waals surface area (Å²) in [5.41, 5.74) is 0.756. The number of methoxy groups -OCH3 is 1. The van der Waals surface area contributed by atoms with Gasteiger partial charge in [0.05, 0.1) is 25.0 Å². The van der Waals surface area contributed by atoms with Crippen molar-refractivity contribution in [2.24, 2.45) is 11.8 Å². The van der Waals surface area contributed by atoms with Crippen LogP contribution < -0.4 is 5.32 Å². The van der Waals surface area contributed by atoms with Gasteiger partial charge in [-0.25, -0.2) is 4.79 Å². The molecule has 2 heterocycles. The molecule has 1 aliphatic heterocycles. The molecule has 1 aromatic rings. The Balaban J connectivity index is 1.52. The molecule has 1 saturated carbocycles. The monoisotopic (exact) mass is 306 g/mol. The van der Waals surface area contributed by atoms with Crippen molar-refractivity contribution in [3.05, 3.63) is 12.4 Å². The third-order valence-corrected chi connectivity index (χ3v) is 4.99. The third kappa shape index (κ3) is 3.61. The number of nitrogens with one attached hydrogen (secondary N) is 1. The number of fused-ring (bicyclic) bond motifs is 1. The number of anilines is 1. The highest BCUT2D eigenvalue weighted by Gasteiger charge is 2.32. The maximum Gasteiger partial charge on any atom is 0.321 e. The Hall–Kier alpha value is -1.56. The number of hydrogen-bond acceptors (Lipinski definition) is 3. The minimum Gasteiger partial charge on any atom is -0.383 e. The van der Waals surface area contributed by atoms with E-state index in [2.05, 4.69) is 10.4 Å². The summed E-state index contributed by atoms with van der Waals surface area (Å²) in [6.07, 6.45) is 10.0. The zero-order chi connectivity index (χ0) is 15.4. The van der Waals surface area contributed by atoms with Crippen LogP contribution in [0.15, 0.2) is 12.4 Å². The molecule has 0 spiro atoms. The summed E-state index contributed by atoms with van der Waals surface area (Å²) in [7, 11) is 1.67. The molecule has 6 heteroatoms. The number of carbonyl (C=O) groups is 1. The number of piperidine rings is 1. The number of hydrogen-bond donors (Lipinski definition) is 1. The Bertz CT molecular complexity index is 502. The van der Waals surface area contributed by atoms with Gasteiger partial charge in [-0.05, 0) is 24.7 Å². The molecule has 2 fully saturated rings. The Kier molecular flexibility index (Phi) is 4.97. The van der Waals surface area contributed by atoms with Crippen molar-refractivity contribution < 1.29 is 9.53 Å². The largest absolute Gasteiger partial charge is 0.383 e. The van der Waals surface area contributed by atoms with Gasteiger partial charge in [0.15, 0.2) is 0 Å². The topological polar surface area (TPSA) is 59.4 Å². The molecule has 1 aliphatic carbocycles. The smallest absolute Gasteiger partial charge is 0.321 e. The number of aromatic nitrogens is 2. The maximum absolute atomic E-state index is 12.4. The van der Waals surface area contributed by atoms with Crippen LogP contribution in [0, 0.1) is 11.8 Å². The quantitative estimate of drug-likeness (QED) is 0.930. The second kappa shape index (κ2) is 7.13. The first-order valence-electron chi connectivity index (χ1n) is 8.33. The van der Waals surface area contributed by atoms with E-state index in [4.69, 9.17) is 4.74 Å². The molecule has 2 aliphatic rings. The van der Waals surface area contributed by atoms with Crippen LogP contribution in [0.1, 0.15) is 32.1 Å². The predicted octanol–water partition coefficient (Wildman–Crippen LogP) is 2.57. The van der Waals surface area contributed by atoms with Crippen LogP contribution in [0.3, 0.4) is 0 Å². The van der Waals surface area contributed by atoms with Gasteiger partial charge in [0, 0.05) is 26.4 Å². The third-order valence-electron chi connectivity index (χ3n) is 4.99. The molecule has 0 unspecified atom stereocenters. The molecule has 1 saturated heterocycles. The van der Waals surface area contributed by atoms with Gasteiger partial charge in [0.2, 0.25) is 0 Å². The fraction of sp³-hybridized carbons (Fsp3) is 0.750. The highest BCUT2D eigenvalue weighted by molar-refractivity contribution is 5.89. The van der Waals surface area contributed by atoms with Crippen LogP contribution in [-0.4, -0.2) is 47.5 Å². The Morgan fingerprint density at radius 1 is 1.36 bits per heavy atom. The summed E-state index contributed by atoms with van der Waals surface area (Å²) in [5, 5.41) is 7.19. The van der Waals surface area contributed by atoms with Crippen molar-refractivity contribution in [3.63, 3.8) is 0 Å². The predicted molar refractivity (Wildman–Crippen MR) is 84.8 cm³/mol. The first kappa shape index (κ1) is 15.3. The average molecular weight is 306 g/mol. The summed E-state index contributed by atoms with van der Waals surface area (Å²) in [6, 6.07) is 0.00955. The number of rotatable bonds is 4. The van der Waals surface area contributed by atoms with Crippen molar-refractivity contribution in [2.45, 2.75) is 38.6 Å². The molecular weight excluding hydrogens is 280 g/mol. The molecule has 6 nitrogen and oxygen atoms in total. The number of amides is 2. The SMILES string of the molecule is COCCn1cc(NC(=O)N2CC[C@@H]3CCCC[C@@H]3C2)cn1. The van der Waals surface area contributed by atoms with E-state index >= 15 is 0 Å². The molecule has 0 radical (unpaired) electrons. The molecular formula is C16H26N4O2. The molecule has 0 aromatic carbocycles. The summed E-state index contributed by atoms with van der Waals surface area (Å²) >= 11 is 0. The minimum atomic E-state index is 0.00955. The second-order valence-electron chi connectivity index (χ2n) is 6.45. The van der Waals surface area contributed by atoms with Gasteiger partial charge >= 0.3 is 6.03 Å². The number of likely N-dealkylation sites (tertiary alicyclic amines) is 1. The lowest BCUT2D eigenvalue weighted by atomic mass is 9.75. The maximum atomic E-state index is 12.4. The first-order chi connectivity index (χ1) is 10.8. The van der Waals surface area contributed by atoms with Gasteiger partial charge < -0.3 is 15.0 Å². The molecule has 0 bridgehead atoms. The summed E-state index contributed by atoms with van der Waals surface area (Å²) in [4.78, 5) is 14.4.